The molecule has 5 heteroatoms. The minimum absolute atomic E-state index is 0.00577. The molecule has 0 aliphatic rings. The molecule has 0 aliphatic carbocycles. The van der Waals surface area contributed by atoms with E-state index >= 15 is 0 Å². The van der Waals surface area contributed by atoms with Crippen LogP contribution in [0.3, 0.4) is 0 Å². The molecule has 0 saturated heterocycles. The van der Waals surface area contributed by atoms with Crippen molar-refractivity contribution in [2.75, 3.05) is 5.73 Å². The number of hydrogen-bond donors (Lipinski definition) is 2. The third kappa shape index (κ3) is 1.72. The van der Waals surface area contributed by atoms with Gasteiger partial charge in [0.25, 0.3) is 0 Å². The molecule has 2 aromatic rings. The maximum atomic E-state index is 9.86. The molecule has 0 atom stereocenters. The van der Waals surface area contributed by atoms with Crippen molar-refractivity contribution in [3.8, 4) is 16.9 Å². The predicted octanol–water partition coefficient (Wildman–Crippen LogP) is 2.85. The maximum Gasteiger partial charge on any atom is 0.230 e. The molecule has 4 nitrogen and oxygen atoms in total. The second kappa shape index (κ2) is 4.06. The highest BCUT2D eigenvalue weighted by molar-refractivity contribution is 6.32. The van der Waals surface area contributed by atoms with Crippen LogP contribution < -0.4 is 5.73 Å². The van der Waals surface area contributed by atoms with Crippen molar-refractivity contribution in [2.45, 2.75) is 13.3 Å². The summed E-state index contributed by atoms with van der Waals surface area (Å²) < 4.78 is 4.76. The molecule has 1 aromatic carbocycles. The lowest BCUT2D eigenvalue weighted by Crippen LogP contribution is -1.88. The highest BCUT2D eigenvalue weighted by Gasteiger charge is 2.14. The summed E-state index contributed by atoms with van der Waals surface area (Å²) in [6.07, 6.45) is 2.28. The Hall–Kier alpha value is -1.68. The Morgan fingerprint density at radius 3 is 2.75 bits per heavy atom. The van der Waals surface area contributed by atoms with Crippen LogP contribution in [0.25, 0.3) is 11.1 Å². The molecule has 0 fully saturated rings. The van der Waals surface area contributed by atoms with Gasteiger partial charge in [0.15, 0.2) is 0 Å². The van der Waals surface area contributed by atoms with Gasteiger partial charge in [0.05, 0.1) is 16.8 Å². The van der Waals surface area contributed by atoms with Crippen molar-refractivity contribution >= 4 is 17.5 Å². The number of phenols is 1. The Morgan fingerprint density at radius 1 is 1.44 bits per heavy atom. The highest BCUT2D eigenvalue weighted by Crippen LogP contribution is 2.38. The largest absolute Gasteiger partial charge is 0.506 e. The summed E-state index contributed by atoms with van der Waals surface area (Å²) in [6.45, 7) is 2.00. The molecule has 0 aliphatic heterocycles. The van der Waals surface area contributed by atoms with E-state index in [9.17, 15) is 5.11 Å². The number of aromatic nitrogens is 1. The van der Waals surface area contributed by atoms with Gasteiger partial charge in [0.1, 0.15) is 5.75 Å². The van der Waals surface area contributed by atoms with E-state index in [4.69, 9.17) is 21.9 Å². The van der Waals surface area contributed by atoms with Gasteiger partial charge in [-0.05, 0) is 24.1 Å². The Balaban J connectivity index is 2.64. The zero-order chi connectivity index (χ0) is 11.7. The third-order valence-electron chi connectivity index (χ3n) is 2.42. The van der Waals surface area contributed by atoms with Crippen molar-refractivity contribution in [3.05, 3.63) is 28.9 Å². The van der Waals surface area contributed by atoms with E-state index in [1.54, 1.807) is 6.07 Å². The number of benzene rings is 1. The monoisotopic (exact) mass is 238 g/mol. The molecule has 3 N–H and O–H groups in total. The number of aryl methyl sites for hydroxylation is 1. The second-order valence-electron chi connectivity index (χ2n) is 3.43. The standard InChI is InChI=1S/C11H11ClN2O2/c1-2-6-3-7(10(15)9(12)4-6)8-5-14-16-11(8)13/h3-5,15H,2,13H2,1H3. The first-order chi connectivity index (χ1) is 7.63. The zero-order valence-electron chi connectivity index (χ0n) is 8.70. The molecule has 0 spiro atoms. The average Bonchev–Trinajstić information content (AvgIpc) is 2.68. The number of nitrogens with two attached hydrogens (primary N) is 1. The molecule has 0 amide bonds. The van der Waals surface area contributed by atoms with Gasteiger partial charge in [-0.15, -0.1) is 0 Å². The van der Waals surface area contributed by atoms with Crippen molar-refractivity contribution in [3.63, 3.8) is 0 Å². The number of anilines is 1. The zero-order valence-corrected chi connectivity index (χ0v) is 9.45. The number of nitrogen functional groups attached to an aromatic ring is 1. The molecule has 16 heavy (non-hydrogen) atoms. The van der Waals surface area contributed by atoms with Gasteiger partial charge < -0.3 is 15.4 Å². The minimum Gasteiger partial charge on any atom is -0.506 e. The summed E-state index contributed by atoms with van der Waals surface area (Å²) in [4.78, 5) is 0. The van der Waals surface area contributed by atoms with Crippen LogP contribution in [0.4, 0.5) is 5.88 Å². The topological polar surface area (TPSA) is 72.3 Å². The summed E-state index contributed by atoms with van der Waals surface area (Å²) in [5.74, 6) is 0.161. The number of aromatic hydroxyl groups is 1. The van der Waals surface area contributed by atoms with Crippen LogP contribution in [-0.2, 0) is 6.42 Å². The molecule has 0 radical (unpaired) electrons. The molecule has 2 rings (SSSR count). The Morgan fingerprint density at radius 2 is 2.19 bits per heavy atom. The van der Waals surface area contributed by atoms with Crippen molar-refractivity contribution in [1.29, 1.82) is 0 Å². The maximum absolute atomic E-state index is 9.86. The van der Waals surface area contributed by atoms with E-state index in [2.05, 4.69) is 5.16 Å². The number of phenolic OH excluding ortho intramolecular Hbond substituents is 1. The molecule has 1 heterocycles. The Labute approximate surface area is 97.6 Å². The molecule has 1 aromatic heterocycles. The molecule has 0 unspecified atom stereocenters. The SMILES string of the molecule is CCc1cc(Cl)c(O)c(-c2cnoc2N)c1. The lowest BCUT2D eigenvalue weighted by molar-refractivity contribution is 0.436. The number of rotatable bonds is 2. The van der Waals surface area contributed by atoms with Crippen LogP contribution >= 0.6 is 11.6 Å². The second-order valence-corrected chi connectivity index (χ2v) is 3.84. The van der Waals surface area contributed by atoms with Crippen LogP contribution in [0, 0.1) is 0 Å². The first kappa shape index (κ1) is 10.8. The van der Waals surface area contributed by atoms with Gasteiger partial charge in [-0.1, -0.05) is 23.7 Å². The summed E-state index contributed by atoms with van der Waals surface area (Å²) in [5.41, 5.74) is 7.71. The molecule has 84 valence electrons. The summed E-state index contributed by atoms with van der Waals surface area (Å²) in [5, 5.41) is 13.7. The van der Waals surface area contributed by atoms with Crippen LogP contribution in [0.2, 0.25) is 5.02 Å². The van der Waals surface area contributed by atoms with Crippen LogP contribution in [0.15, 0.2) is 22.9 Å². The van der Waals surface area contributed by atoms with E-state index in [1.165, 1.54) is 6.20 Å². The number of nitrogens with zero attached hydrogens (tertiary/aromatic N) is 1. The first-order valence-electron chi connectivity index (χ1n) is 4.85. The number of halogens is 1. The molecule has 0 saturated carbocycles. The van der Waals surface area contributed by atoms with E-state index in [1.807, 2.05) is 13.0 Å². The van der Waals surface area contributed by atoms with E-state index in [0.29, 0.717) is 16.1 Å². The van der Waals surface area contributed by atoms with Gasteiger partial charge in [-0.25, -0.2) is 0 Å². The fraction of sp³-hybridized carbons (Fsp3) is 0.182. The normalized spacial score (nSPS) is 10.6. The van der Waals surface area contributed by atoms with Crippen molar-refractivity contribution in [1.82, 2.24) is 5.16 Å². The van der Waals surface area contributed by atoms with Crippen LogP contribution in [0.5, 0.6) is 5.75 Å². The average molecular weight is 239 g/mol. The lowest BCUT2D eigenvalue weighted by atomic mass is 10.0. The number of hydrogen-bond acceptors (Lipinski definition) is 4. The minimum atomic E-state index is -0.00577. The van der Waals surface area contributed by atoms with Gasteiger partial charge in [0.2, 0.25) is 5.88 Å². The fourth-order valence-corrected chi connectivity index (χ4v) is 1.76. The Kier molecular flexibility index (Phi) is 2.75. The lowest BCUT2D eigenvalue weighted by Gasteiger charge is -2.07. The molecular formula is C11H11ClN2O2. The summed E-state index contributed by atoms with van der Waals surface area (Å²) in [6, 6.07) is 3.55. The van der Waals surface area contributed by atoms with Crippen LogP contribution in [-0.4, -0.2) is 10.3 Å². The smallest absolute Gasteiger partial charge is 0.230 e. The quantitative estimate of drug-likeness (QED) is 0.844. The molecular weight excluding hydrogens is 228 g/mol. The van der Waals surface area contributed by atoms with E-state index < -0.39 is 0 Å². The summed E-state index contributed by atoms with van der Waals surface area (Å²) >= 11 is 5.93. The van der Waals surface area contributed by atoms with Crippen molar-refractivity contribution in [2.24, 2.45) is 0 Å². The van der Waals surface area contributed by atoms with E-state index in [0.717, 1.165) is 12.0 Å². The third-order valence-corrected chi connectivity index (χ3v) is 2.71. The van der Waals surface area contributed by atoms with Gasteiger partial charge in [-0.3, -0.25) is 0 Å². The van der Waals surface area contributed by atoms with Crippen LogP contribution in [0.1, 0.15) is 12.5 Å². The first-order valence-corrected chi connectivity index (χ1v) is 5.23. The molecule has 0 bridgehead atoms. The van der Waals surface area contributed by atoms with Gasteiger partial charge in [-0.2, -0.15) is 0 Å². The van der Waals surface area contributed by atoms with Crippen molar-refractivity contribution < 1.29 is 9.63 Å². The predicted molar refractivity (Wildman–Crippen MR) is 62.4 cm³/mol. The van der Waals surface area contributed by atoms with E-state index in [-0.39, 0.29) is 11.6 Å². The van der Waals surface area contributed by atoms with Gasteiger partial charge >= 0.3 is 0 Å². The Bertz CT molecular complexity index is 523. The van der Waals surface area contributed by atoms with Gasteiger partial charge in [0, 0.05) is 5.56 Å². The highest BCUT2D eigenvalue weighted by atomic mass is 35.5. The summed E-state index contributed by atoms with van der Waals surface area (Å²) in [7, 11) is 0. The fourth-order valence-electron chi connectivity index (χ4n) is 1.52.